The van der Waals surface area contributed by atoms with Crippen molar-refractivity contribution >= 4 is 23.2 Å². The molecule has 3 rings (SSSR count). The van der Waals surface area contributed by atoms with E-state index >= 15 is 0 Å². The van der Waals surface area contributed by atoms with Crippen molar-refractivity contribution in [3.05, 3.63) is 76.8 Å². The van der Waals surface area contributed by atoms with Crippen LogP contribution >= 0.6 is 11.6 Å². The van der Waals surface area contributed by atoms with Crippen molar-refractivity contribution in [2.45, 2.75) is 19.5 Å². The molecule has 1 atom stereocenters. The lowest BCUT2D eigenvalue weighted by atomic mass is 10.1. The van der Waals surface area contributed by atoms with Gasteiger partial charge in [0.1, 0.15) is 0 Å². The van der Waals surface area contributed by atoms with Crippen molar-refractivity contribution in [3.8, 4) is 0 Å². The zero-order valence-electron chi connectivity index (χ0n) is 15.2. The molecule has 2 N–H and O–H groups in total. The van der Waals surface area contributed by atoms with Crippen LogP contribution in [0.4, 0.5) is 5.69 Å². The van der Waals surface area contributed by atoms with E-state index in [0.29, 0.717) is 0 Å². The first-order valence-electron chi connectivity index (χ1n) is 8.87. The Balaban J connectivity index is 1.53. The Morgan fingerprint density at radius 3 is 2.54 bits per heavy atom. The van der Waals surface area contributed by atoms with Crippen LogP contribution in [-0.4, -0.2) is 26.1 Å². The minimum absolute atomic E-state index is 0.116. The van der Waals surface area contributed by atoms with E-state index < -0.39 is 0 Å². The van der Waals surface area contributed by atoms with Crippen LogP contribution in [0.25, 0.3) is 0 Å². The minimum atomic E-state index is 0.116. The highest BCUT2D eigenvalue weighted by Gasteiger charge is 2.09. The smallest absolute Gasteiger partial charge is 0.191 e. The van der Waals surface area contributed by atoms with E-state index in [9.17, 15) is 0 Å². The number of benzene rings is 2. The van der Waals surface area contributed by atoms with Gasteiger partial charge in [0.25, 0.3) is 0 Å². The summed E-state index contributed by atoms with van der Waals surface area (Å²) in [6.45, 7) is 4.81. The first-order chi connectivity index (χ1) is 12.7. The molecule has 0 amide bonds. The van der Waals surface area contributed by atoms with Gasteiger partial charge in [-0.05, 0) is 42.3 Å². The molecule has 0 saturated heterocycles. The largest absolute Gasteiger partial charge is 0.364 e. The van der Waals surface area contributed by atoms with Gasteiger partial charge in [0.05, 0.1) is 6.04 Å². The number of nitrogens with zero attached hydrogens (tertiary/aromatic N) is 2. The number of rotatable bonds is 5. The van der Waals surface area contributed by atoms with Gasteiger partial charge in [-0.15, -0.1) is 0 Å². The van der Waals surface area contributed by atoms with Crippen molar-refractivity contribution in [1.82, 2.24) is 10.6 Å². The molecule has 2 aromatic carbocycles. The summed E-state index contributed by atoms with van der Waals surface area (Å²) in [6, 6.07) is 16.7. The van der Waals surface area contributed by atoms with Crippen molar-refractivity contribution in [1.29, 1.82) is 0 Å². The molecule has 26 heavy (non-hydrogen) atoms. The van der Waals surface area contributed by atoms with Gasteiger partial charge >= 0.3 is 0 Å². The molecule has 1 aliphatic rings. The van der Waals surface area contributed by atoms with E-state index in [4.69, 9.17) is 11.6 Å². The van der Waals surface area contributed by atoms with Gasteiger partial charge < -0.3 is 15.5 Å². The second kappa shape index (κ2) is 8.77. The molecule has 0 bridgehead atoms. The molecule has 1 aliphatic heterocycles. The highest BCUT2D eigenvalue weighted by atomic mass is 35.5. The summed E-state index contributed by atoms with van der Waals surface area (Å²) >= 11 is 6.08. The zero-order chi connectivity index (χ0) is 18.4. The average Bonchev–Trinajstić information content (AvgIpc) is 3.20. The molecule has 0 spiro atoms. The Kier molecular flexibility index (Phi) is 6.18. The molecule has 136 valence electrons. The number of hydrogen-bond donors (Lipinski definition) is 2. The summed E-state index contributed by atoms with van der Waals surface area (Å²) < 4.78 is 0. The topological polar surface area (TPSA) is 39.7 Å². The molecule has 5 heteroatoms. The normalized spacial score (nSPS) is 15.2. The van der Waals surface area contributed by atoms with Gasteiger partial charge in [0.2, 0.25) is 0 Å². The summed E-state index contributed by atoms with van der Waals surface area (Å²) in [4.78, 5) is 6.65. The summed E-state index contributed by atoms with van der Waals surface area (Å²) in [5, 5.41) is 7.51. The molecule has 1 heterocycles. The van der Waals surface area contributed by atoms with E-state index in [1.165, 1.54) is 11.3 Å². The fourth-order valence-electron chi connectivity index (χ4n) is 2.96. The van der Waals surface area contributed by atoms with Gasteiger partial charge in [-0.1, -0.05) is 48.0 Å². The highest BCUT2D eigenvalue weighted by Crippen LogP contribution is 2.18. The molecular weight excluding hydrogens is 344 g/mol. The standard InChI is InChI=1S/C21H25ClN4/c1-16(18-6-5-7-19(22)14-18)25-21(23-2)24-15-17-8-10-20(11-9-17)26-12-3-4-13-26/h3-11,14,16H,12-13,15H2,1-2H3,(H2,23,24,25). The molecule has 0 aliphatic carbocycles. The lowest BCUT2D eigenvalue weighted by Gasteiger charge is -2.19. The van der Waals surface area contributed by atoms with Gasteiger partial charge in [0, 0.05) is 37.4 Å². The van der Waals surface area contributed by atoms with Crippen molar-refractivity contribution < 1.29 is 0 Å². The predicted molar refractivity (Wildman–Crippen MR) is 111 cm³/mol. The van der Waals surface area contributed by atoms with E-state index in [2.05, 4.69) is 69.9 Å². The Labute approximate surface area is 160 Å². The summed E-state index contributed by atoms with van der Waals surface area (Å²) in [5.41, 5.74) is 3.61. The summed E-state index contributed by atoms with van der Waals surface area (Å²) in [6.07, 6.45) is 4.40. The van der Waals surface area contributed by atoms with Crippen LogP contribution in [-0.2, 0) is 6.54 Å². The third-order valence-corrected chi connectivity index (χ3v) is 4.74. The molecule has 2 aromatic rings. The predicted octanol–water partition coefficient (Wildman–Crippen LogP) is 4.14. The molecule has 4 nitrogen and oxygen atoms in total. The maximum Gasteiger partial charge on any atom is 0.191 e. The maximum atomic E-state index is 6.08. The third-order valence-electron chi connectivity index (χ3n) is 4.51. The molecule has 0 saturated carbocycles. The van der Waals surface area contributed by atoms with E-state index in [1.807, 2.05) is 18.2 Å². The molecule has 1 unspecified atom stereocenters. The van der Waals surface area contributed by atoms with Crippen molar-refractivity contribution in [3.63, 3.8) is 0 Å². The number of aliphatic imine (C=N–C) groups is 1. The van der Waals surface area contributed by atoms with Crippen LogP contribution in [0.15, 0.2) is 65.7 Å². The van der Waals surface area contributed by atoms with Crippen LogP contribution in [0, 0.1) is 0 Å². The van der Waals surface area contributed by atoms with Crippen LogP contribution in [0.1, 0.15) is 24.1 Å². The third kappa shape index (κ3) is 4.79. The monoisotopic (exact) mass is 368 g/mol. The quantitative estimate of drug-likeness (QED) is 0.473. The Morgan fingerprint density at radius 1 is 1.15 bits per heavy atom. The number of guanidine groups is 1. The molecule has 0 aromatic heterocycles. The Hall–Kier alpha value is -2.46. The lowest BCUT2D eigenvalue weighted by Crippen LogP contribution is -2.38. The first-order valence-corrected chi connectivity index (χ1v) is 9.25. The minimum Gasteiger partial charge on any atom is -0.364 e. The molecular formula is C21H25ClN4. The summed E-state index contributed by atoms with van der Waals surface area (Å²) in [7, 11) is 1.78. The Bertz CT molecular complexity index is 775. The first kappa shape index (κ1) is 18.3. The van der Waals surface area contributed by atoms with Crippen LogP contribution in [0.2, 0.25) is 5.02 Å². The SMILES string of the molecule is CN=C(NCc1ccc(N2CC=CC2)cc1)NC(C)c1cccc(Cl)c1. The number of anilines is 1. The highest BCUT2D eigenvalue weighted by molar-refractivity contribution is 6.30. The summed E-state index contributed by atoms with van der Waals surface area (Å²) in [5.74, 6) is 0.769. The van der Waals surface area contributed by atoms with Crippen LogP contribution in [0.5, 0.6) is 0 Å². The van der Waals surface area contributed by atoms with Gasteiger partial charge in [-0.3, -0.25) is 4.99 Å². The number of nitrogens with one attached hydrogen (secondary N) is 2. The number of hydrogen-bond acceptors (Lipinski definition) is 2. The van der Waals surface area contributed by atoms with E-state index in [1.54, 1.807) is 7.05 Å². The second-order valence-electron chi connectivity index (χ2n) is 6.39. The van der Waals surface area contributed by atoms with Crippen molar-refractivity contribution in [2.75, 3.05) is 25.0 Å². The van der Waals surface area contributed by atoms with E-state index in [0.717, 1.165) is 36.2 Å². The molecule has 0 fully saturated rings. The number of halogens is 1. The average molecular weight is 369 g/mol. The van der Waals surface area contributed by atoms with Gasteiger partial charge in [0.15, 0.2) is 5.96 Å². The zero-order valence-corrected chi connectivity index (χ0v) is 16.0. The van der Waals surface area contributed by atoms with Crippen LogP contribution < -0.4 is 15.5 Å². The van der Waals surface area contributed by atoms with Gasteiger partial charge in [-0.25, -0.2) is 0 Å². The van der Waals surface area contributed by atoms with Gasteiger partial charge in [-0.2, -0.15) is 0 Å². The maximum absolute atomic E-state index is 6.08. The van der Waals surface area contributed by atoms with Crippen molar-refractivity contribution in [2.24, 2.45) is 4.99 Å². The second-order valence-corrected chi connectivity index (χ2v) is 6.83. The van der Waals surface area contributed by atoms with E-state index in [-0.39, 0.29) is 6.04 Å². The van der Waals surface area contributed by atoms with Crippen LogP contribution in [0.3, 0.4) is 0 Å². The fourth-order valence-corrected chi connectivity index (χ4v) is 3.16. The Morgan fingerprint density at radius 2 is 1.88 bits per heavy atom. The fraction of sp³-hybridized carbons (Fsp3) is 0.286. The lowest BCUT2D eigenvalue weighted by molar-refractivity contribution is 0.685. The molecule has 0 radical (unpaired) electrons.